The number of carbonyl (C=O) groups excluding carboxylic acids is 1. The van der Waals surface area contributed by atoms with Crippen molar-refractivity contribution in [3.63, 3.8) is 0 Å². The normalized spacial score (nSPS) is 11.3. The van der Waals surface area contributed by atoms with Gasteiger partial charge >= 0.3 is 0 Å². The maximum Gasteiger partial charge on any atom is 0.253 e. The summed E-state index contributed by atoms with van der Waals surface area (Å²) in [5.74, 6) is -0.159. The SMILES string of the molecule is CCc1ccc2nc(N(Cc3cccnc3)C(=O)/C=C/c3ccccc3Cl)sc2c1. The average molecular weight is 434 g/mol. The largest absolute Gasteiger partial charge is 0.280 e. The highest BCUT2D eigenvalue weighted by Gasteiger charge is 2.19. The lowest BCUT2D eigenvalue weighted by Gasteiger charge is -2.18. The van der Waals surface area contributed by atoms with E-state index in [4.69, 9.17) is 16.6 Å². The molecule has 30 heavy (non-hydrogen) atoms. The lowest BCUT2D eigenvalue weighted by atomic mass is 10.2. The van der Waals surface area contributed by atoms with E-state index in [9.17, 15) is 4.79 Å². The monoisotopic (exact) mass is 433 g/mol. The Bertz CT molecular complexity index is 1200. The number of nitrogens with zero attached hydrogens (tertiary/aromatic N) is 3. The third-order valence-electron chi connectivity index (χ3n) is 4.72. The molecule has 0 aliphatic heterocycles. The second kappa shape index (κ2) is 9.20. The standard InChI is InChI=1S/C24H20ClN3OS/c1-2-17-9-11-21-22(14-17)30-24(27-21)28(16-18-6-5-13-26-15-18)23(29)12-10-19-7-3-4-8-20(19)25/h3-15H,2,16H2,1H3/b12-10+. The highest BCUT2D eigenvalue weighted by molar-refractivity contribution is 7.22. The van der Waals surface area contributed by atoms with Gasteiger partial charge in [0.1, 0.15) is 0 Å². The fourth-order valence-electron chi connectivity index (χ4n) is 3.07. The molecule has 0 fully saturated rings. The first-order valence-electron chi connectivity index (χ1n) is 9.66. The zero-order chi connectivity index (χ0) is 20.9. The average Bonchev–Trinajstić information content (AvgIpc) is 3.20. The van der Waals surface area contributed by atoms with Crippen LogP contribution in [0.15, 0.2) is 73.1 Å². The van der Waals surface area contributed by atoms with Crippen molar-refractivity contribution in [3.05, 3.63) is 94.8 Å². The molecule has 0 spiro atoms. The van der Waals surface area contributed by atoms with Crippen molar-refractivity contribution in [1.82, 2.24) is 9.97 Å². The Kier molecular flexibility index (Phi) is 6.21. The smallest absolute Gasteiger partial charge is 0.253 e. The molecule has 0 saturated heterocycles. The first-order chi connectivity index (χ1) is 14.6. The van der Waals surface area contributed by atoms with Gasteiger partial charge in [0.25, 0.3) is 5.91 Å². The first-order valence-corrected chi connectivity index (χ1v) is 10.9. The number of hydrogen-bond donors (Lipinski definition) is 0. The molecule has 1 amide bonds. The van der Waals surface area contributed by atoms with E-state index >= 15 is 0 Å². The molecule has 2 heterocycles. The van der Waals surface area contributed by atoms with Crippen LogP contribution in [0, 0.1) is 0 Å². The number of carbonyl (C=O) groups is 1. The molecule has 6 heteroatoms. The fourth-order valence-corrected chi connectivity index (χ4v) is 4.30. The van der Waals surface area contributed by atoms with Crippen LogP contribution in [0.2, 0.25) is 5.02 Å². The highest BCUT2D eigenvalue weighted by Crippen LogP contribution is 2.31. The summed E-state index contributed by atoms with van der Waals surface area (Å²) >= 11 is 7.74. The molecular formula is C24H20ClN3OS. The molecule has 4 aromatic rings. The summed E-state index contributed by atoms with van der Waals surface area (Å²) < 4.78 is 1.07. The molecule has 0 unspecified atom stereocenters. The zero-order valence-electron chi connectivity index (χ0n) is 16.5. The van der Waals surface area contributed by atoms with Crippen LogP contribution >= 0.6 is 22.9 Å². The lowest BCUT2D eigenvalue weighted by Crippen LogP contribution is -2.28. The third-order valence-corrected chi connectivity index (χ3v) is 6.11. The quantitative estimate of drug-likeness (QED) is 0.342. The molecule has 0 saturated carbocycles. The first kappa shape index (κ1) is 20.3. The molecule has 0 aliphatic carbocycles. The number of hydrogen-bond acceptors (Lipinski definition) is 4. The number of thiazole rings is 1. The van der Waals surface area contributed by atoms with Crippen LogP contribution in [0.4, 0.5) is 5.13 Å². The van der Waals surface area contributed by atoms with Crippen LogP contribution in [0.5, 0.6) is 0 Å². The van der Waals surface area contributed by atoms with Crippen molar-refractivity contribution in [2.45, 2.75) is 19.9 Å². The van der Waals surface area contributed by atoms with Crippen molar-refractivity contribution >= 4 is 50.3 Å². The summed E-state index contributed by atoms with van der Waals surface area (Å²) in [4.78, 5) is 23.7. The van der Waals surface area contributed by atoms with Gasteiger partial charge in [-0.1, -0.05) is 60.2 Å². The van der Waals surface area contributed by atoms with Crippen molar-refractivity contribution in [2.75, 3.05) is 4.90 Å². The van der Waals surface area contributed by atoms with E-state index in [1.807, 2.05) is 36.4 Å². The topological polar surface area (TPSA) is 46.1 Å². The van der Waals surface area contributed by atoms with Gasteiger partial charge in [0.05, 0.1) is 16.8 Å². The maximum absolute atomic E-state index is 13.2. The summed E-state index contributed by atoms with van der Waals surface area (Å²) in [6, 6.07) is 17.5. The van der Waals surface area contributed by atoms with Crippen molar-refractivity contribution in [2.24, 2.45) is 0 Å². The Balaban J connectivity index is 1.69. The Morgan fingerprint density at radius 3 is 2.77 bits per heavy atom. The van der Waals surface area contributed by atoms with Crippen molar-refractivity contribution < 1.29 is 4.79 Å². The minimum atomic E-state index is -0.159. The number of aryl methyl sites for hydroxylation is 1. The van der Waals surface area contributed by atoms with Crippen LogP contribution < -0.4 is 4.90 Å². The Morgan fingerprint density at radius 2 is 2.00 bits per heavy atom. The van der Waals surface area contributed by atoms with E-state index < -0.39 is 0 Å². The molecule has 0 bridgehead atoms. The van der Waals surface area contributed by atoms with E-state index in [2.05, 4.69) is 24.0 Å². The van der Waals surface area contributed by atoms with Crippen LogP contribution in [-0.4, -0.2) is 15.9 Å². The van der Waals surface area contributed by atoms with Gasteiger partial charge < -0.3 is 0 Å². The van der Waals surface area contributed by atoms with E-state index in [0.29, 0.717) is 16.7 Å². The number of anilines is 1. The molecule has 4 nitrogen and oxygen atoms in total. The molecule has 0 N–H and O–H groups in total. The van der Waals surface area contributed by atoms with Gasteiger partial charge in [-0.2, -0.15) is 0 Å². The summed E-state index contributed by atoms with van der Waals surface area (Å²) in [6.07, 6.45) is 7.73. The number of rotatable bonds is 6. The van der Waals surface area contributed by atoms with Crippen molar-refractivity contribution in [1.29, 1.82) is 0 Å². The molecule has 2 aromatic heterocycles. The maximum atomic E-state index is 13.2. The number of pyridine rings is 1. The summed E-state index contributed by atoms with van der Waals surface area (Å²) in [5.41, 5.74) is 3.88. The number of aromatic nitrogens is 2. The van der Waals surface area contributed by atoms with Crippen LogP contribution in [0.3, 0.4) is 0 Å². The lowest BCUT2D eigenvalue weighted by molar-refractivity contribution is -0.114. The summed E-state index contributed by atoms with van der Waals surface area (Å²) in [6.45, 7) is 2.51. The molecule has 0 radical (unpaired) electrons. The van der Waals surface area contributed by atoms with Gasteiger partial charge in [0.15, 0.2) is 5.13 Å². The summed E-state index contributed by atoms with van der Waals surface area (Å²) in [5, 5.41) is 1.27. The van der Waals surface area contributed by atoms with Gasteiger partial charge in [0, 0.05) is 23.5 Å². The van der Waals surface area contributed by atoms with Crippen LogP contribution in [0.1, 0.15) is 23.6 Å². The predicted molar refractivity (Wildman–Crippen MR) is 125 cm³/mol. The van der Waals surface area contributed by atoms with Crippen LogP contribution in [0.25, 0.3) is 16.3 Å². The molecule has 2 aromatic carbocycles. The predicted octanol–water partition coefficient (Wildman–Crippen LogP) is 6.15. The van der Waals surface area contributed by atoms with Gasteiger partial charge in [0.2, 0.25) is 0 Å². The Labute approximate surface area is 184 Å². The fraction of sp³-hybridized carbons (Fsp3) is 0.125. The van der Waals surface area contributed by atoms with E-state index in [-0.39, 0.29) is 5.91 Å². The highest BCUT2D eigenvalue weighted by atomic mass is 35.5. The van der Waals surface area contributed by atoms with Gasteiger partial charge in [-0.05, 0) is 53.5 Å². The second-order valence-corrected chi connectivity index (χ2v) is 8.21. The minimum Gasteiger partial charge on any atom is -0.280 e. The Hall–Kier alpha value is -3.02. The van der Waals surface area contributed by atoms with Gasteiger partial charge in [-0.3, -0.25) is 14.7 Å². The van der Waals surface area contributed by atoms with E-state index in [1.54, 1.807) is 35.5 Å². The Morgan fingerprint density at radius 1 is 1.13 bits per heavy atom. The van der Waals surface area contributed by atoms with E-state index in [1.165, 1.54) is 16.9 Å². The summed E-state index contributed by atoms with van der Waals surface area (Å²) in [7, 11) is 0. The number of amides is 1. The van der Waals surface area contributed by atoms with Crippen LogP contribution in [-0.2, 0) is 17.8 Å². The van der Waals surface area contributed by atoms with Gasteiger partial charge in [-0.15, -0.1) is 0 Å². The third kappa shape index (κ3) is 4.58. The zero-order valence-corrected chi connectivity index (χ0v) is 18.0. The molecule has 0 atom stereocenters. The number of benzene rings is 2. The molecule has 0 aliphatic rings. The molecule has 4 rings (SSSR count). The van der Waals surface area contributed by atoms with Crippen molar-refractivity contribution in [3.8, 4) is 0 Å². The second-order valence-electron chi connectivity index (χ2n) is 6.79. The number of halogens is 1. The number of fused-ring (bicyclic) bond motifs is 1. The minimum absolute atomic E-state index is 0.159. The van der Waals surface area contributed by atoms with Gasteiger partial charge in [-0.25, -0.2) is 4.98 Å². The molecule has 150 valence electrons. The van der Waals surface area contributed by atoms with E-state index in [0.717, 1.165) is 27.8 Å². The molecular weight excluding hydrogens is 414 g/mol.